The summed E-state index contributed by atoms with van der Waals surface area (Å²) in [7, 11) is 1.59. The summed E-state index contributed by atoms with van der Waals surface area (Å²) in [6.45, 7) is 3.75. The Labute approximate surface area is 153 Å². The van der Waals surface area contributed by atoms with Gasteiger partial charge in [0.1, 0.15) is 24.6 Å². The summed E-state index contributed by atoms with van der Waals surface area (Å²) in [5.74, 6) is 0.748. The number of carbonyl (C=O) groups is 1. The van der Waals surface area contributed by atoms with Crippen LogP contribution in [-0.4, -0.2) is 36.1 Å². The molecule has 2 unspecified atom stereocenters. The number of aliphatic hydroxyl groups excluding tert-OH is 2. The van der Waals surface area contributed by atoms with Crippen molar-refractivity contribution in [2.24, 2.45) is 0 Å². The molecule has 0 heterocycles. The summed E-state index contributed by atoms with van der Waals surface area (Å²) in [6, 6.07) is 12.8. The van der Waals surface area contributed by atoms with Gasteiger partial charge in [-0.3, -0.25) is 0 Å². The SMILES string of the molecule is COc1c(C)cc(C(O)C(O)CNC(=O)OCc2ccccc2)cc1C. The number of benzene rings is 2. The molecule has 3 N–H and O–H groups in total. The maximum absolute atomic E-state index is 11.7. The van der Waals surface area contributed by atoms with E-state index >= 15 is 0 Å². The molecular weight excluding hydrogens is 334 g/mol. The van der Waals surface area contributed by atoms with Crippen LogP contribution in [0, 0.1) is 13.8 Å². The number of rotatable bonds is 7. The first kappa shape index (κ1) is 19.8. The Morgan fingerprint density at radius 2 is 1.73 bits per heavy atom. The quantitative estimate of drug-likeness (QED) is 0.707. The molecule has 2 atom stereocenters. The second-order valence-corrected chi connectivity index (χ2v) is 6.14. The Bertz CT molecular complexity index is 709. The number of alkyl carbamates (subject to hydrolysis) is 1. The third-order valence-corrected chi connectivity index (χ3v) is 4.06. The van der Waals surface area contributed by atoms with Gasteiger partial charge in [-0.25, -0.2) is 4.79 Å². The number of methoxy groups -OCH3 is 1. The lowest BCUT2D eigenvalue weighted by molar-refractivity contribution is 0.0183. The summed E-state index contributed by atoms with van der Waals surface area (Å²) in [5, 5.41) is 23.0. The number of aliphatic hydroxyl groups is 2. The molecule has 0 spiro atoms. The third-order valence-electron chi connectivity index (χ3n) is 4.06. The number of hydrogen-bond acceptors (Lipinski definition) is 5. The van der Waals surface area contributed by atoms with E-state index in [-0.39, 0.29) is 13.2 Å². The fraction of sp³-hybridized carbons (Fsp3) is 0.350. The second-order valence-electron chi connectivity index (χ2n) is 6.14. The average Bonchev–Trinajstić information content (AvgIpc) is 2.64. The summed E-state index contributed by atoms with van der Waals surface area (Å²) >= 11 is 0. The van der Waals surface area contributed by atoms with Gasteiger partial charge in [0.15, 0.2) is 0 Å². The van der Waals surface area contributed by atoms with Crippen LogP contribution in [0.2, 0.25) is 0 Å². The number of nitrogens with one attached hydrogen (secondary N) is 1. The van der Waals surface area contributed by atoms with Gasteiger partial charge >= 0.3 is 6.09 Å². The molecule has 0 saturated heterocycles. The summed E-state index contributed by atoms with van der Waals surface area (Å²) < 4.78 is 10.4. The maximum Gasteiger partial charge on any atom is 0.407 e. The molecule has 0 aliphatic rings. The minimum atomic E-state index is -1.16. The Hall–Kier alpha value is -2.57. The van der Waals surface area contributed by atoms with Gasteiger partial charge in [-0.2, -0.15) is 0 Å². The Morgan fingerprint density at radius 1 is 1.12 bits per heavy atom. The van der Waals surface area contributed by atoms with Gasteiger partial charge in [0.2, 0.25) is 0 Å². The van der Waals surface area contributed by atoms with Crippen molar-refractivity contribution in [3.05, 3.63) is 64.7 Å². The van der Waals surface area contributed by atoms with Crippen LogP contribution in [-0.2, 0) is 11.3 Å². The molecule has 0 fully saturated rings. The van der Waals surface area contributed by atoms with Crippen LogP contribution in [0.25, 0.3) is 0 Å². The molecule has 6 heteroatoms. The molecule has 26 heavy (non-hydrogen) atoms. The van der Waals surface area contributed by atoms with Crippen molar-refractivity contribution in [2.75, 3.05) is 13.7 Å². The Morgan fingerprint density at radius 3 is 2.31 bits per heavy atom. The maximum atomic E-state index is 11.7. The molecule has 1 amide bonds. The molecule has 0 radical (unpaired) electrons. The first-order valence-electron chi connectivity index (χ1n) is 8.38. The van der Waals surface area contributed by atoms with Crippen molar-refractivity contribution >= 4 is 6.09 Å². The summed E-state index contributed by atoms with van der Waals surface area (Å²) in [6.07, 6.45) is -2.94. The zero-order chi connectivity index (χ0) is 19.1. The predicted molar refractivity (Wildman–Crippen MR) is 98.1 cm³/mol. The van der Waals surface area contributed by atoms with E-state index in [4.69, 9.17) is 9.47 Å². The molecule has 0 bridgehead atoms. The number of hydrogen-bond donors (Lipinski definition) is 3. The van der Waals surface area contributed by atoms with Gasteiger partial charge < -0.3 is 25.0 Å². The first-order valence-corrected chi connectivity index (χ1v) is 8.38. The van der Waals surface area contributed by atoms with E-state index in [1.165, 1.54) is 0 Å². The van der Waals surface area contributed by atoms with Crippen LogP contribution in [0.15, 0.2) is 42.5 Å². The lowest BCUT2D eigenvalue weighted by Crippen LogP contribution is -2.35. The van der Waals surface area contributed by atoms with Crippen LogP contribution in [0.5, 0.6) is 5.75 Å². The van der Waals surface area contributed by atoms with Crippen LogP contribution in [0.4, 0.5) is 4.79 Å². The highest BCUT2D eigenvalue weighted by molar-refractivity contribution is 5.67. The van der Waals surface area contributed by atoms with Crippen molar-refractivity contribution in [2.45, 2.75) is 32.7 Å². The van der Waals surface area contributed by atoms with Crippen molar-refractivity contribution in [1.29, 1.82) is 0 Å². The molecule has 0 aromatic heterocycles. The molecule has 0 aliphatic carbocycles. The van der Waals surface area contributed by atoms with E-state index in [2.05, 4.69) is 5.32 Å². The zero-order valence-corrected chi connectivity index (χ0v) is 15.2. The van der Waals surface area contributed by atoms with Crippen molar-refractivity contribution in [3.8, 4) is 5.75 Å². The second kappa shape index (κ2) is 9.22. The minimum Gasteiger partial charge on any atom is -0.496 e. The molecule has 2 rings (SSSR count). The van der Waals surface area contributed by atoms with Crippen molar-refractivity contribution in [1.82, 2.24) is 5.32 Å². The fourth-order valence-electron chi connectivity index (χ4n) is 2.77. The first-order chi connectivity index (χ1) is 12.4. The Kier molecular flexibility index (Phi) is 7.00. The molecule has 0 saturated carbocycles. The predicted octanol–water partition coefficient (Wildman–Crippen LogP) is 2.63. The molecule has 0 aliphatic heterocycles. The summed E-state index contributed by atoms with van der Waals surface area (Å²) in [5.41, 5.74) is 3.16. The lowest BCUT2D eigenvalue weighted by Gasteiger charge is -2.20. The van der Waals surface area contributed by atoms with Gasteiger partial charge in [-0.15, -0.1) is 0 Å². The van der Waals surface area contributed by atoms with Gasteiger partial charge in [0, 0.05) is 6.54 Å². The number of amides is 1. The topological polar surface area (TPSA) is 88.0 Å². The zero-order valence-electron chi connectivity index (χ0n) is 15.2. The largest absolute Gasteiger partial charge is 0.496 e. The molecular formula is C20H25NO5. The standard InChI is InChI=1S/C20H25NO5/c1-13-9-16(10-14(2)19(13)25-3)18(23)17(22)11-21-20(24)26-12-15-7-5-4-6-8-15/h4-10,17-18,22-23H,11-12H2,1-3H3,(H,21,24). The number of carbonyl (C=O) groups excluding carboxylic acids is 1. The Balaban J connectivity index is 1.87. The van der Waals surface area contributed by atoms with Crippen molar-refractivity contribution in [3.63, 3.8) is 0 Å². The van der Waals surface area contributed by atoms with Crippen LogP contribution in [0.3, 0.4) is 0 Å². The molecule has 2 aromatic rings. The van der Waals surface area contributed by atoms with Gasteiger partial charge in [0.25, 0.3) is 0 Å². The molecule has 140 valence electrons. The van der Waals surface area contributed by atoms with Crippen LogP contribution in [0.1, 0.15) is 28.4 Å². The minimum absolute atomic E-state index is 0.126. The molecule has 6 nitrogen and oxygen atoms in total. The summed E-state index contributed by atoms with van der Waals surface area (Å²) in [4.78, 5) is 11.7. The third kappa shape index (κ3) is 5.21. The highest BCUT2D eigenvalue weighted by Crippen LogP contribution is 2.28. The van der Waals surface area contributed by atoms with E-state index in [1.54, 1.807) is 19.2 Å². The fourth-order valence-corrected chi connectivity index (χ4v) is 2.77. The van der Waals surface area contributed by atoms with E-state index in [0.29, 0.717) is 5.56 Å². The van der Waals surface area contributed by atoms with Crippen molar-refractivity contribution < 1.29 is 24.5 Å². The highest BCUT2D eigenvalue weighted by Gasteiger charge is 2.21. The smallest absolute Gasteiger partial charge is 0.407 e. The van der Waals surface area contributed by atoms with Crippen LogP contribution >= 0.6 is 0 Å². The van der Waals surface area contributed by atoms with E-state index in [9.17, 15) is 15.0 Å². The van der Waals surface area contributed by atoms with E-state index < -0.39 is 18.3 Å². The van der Waals surface area contributed by atoms with Gasteiger partial charge in [-0.1, -0.05) is 30.3 Å². The molecule has 2 aromatic carbocycles. The van der Waals surface area contributed by atoms with Gasteiger partial charge in [0.05, 0.1) is 7.11 Å². The normalized spacial score (nSPS) is 13.0. The number of aryl methyl sites for hydroxylation is 2. The monoisotopic (exact) mass is 359 g/mol. The van der Waals surface area contributed by atoms with E-state index in [0.717, 1.165) is 22.4 Å². The van der Waals surface area contributed by atoms with E-state index in [1.807, 2.05) is 44.2 Å². The average molecular weight is 359 g/mol. The highest BCUT2D eigenvalue weighted by atomic mass is 16.5. The lowest BCUT2D eigenvalue weighted by atomic mass is 9.98. The number of ether oxygens (including phenoxy) is 2. The van der Waals surface area contributed by atoms with Gasteiger partial charge in [-0.05, 0) is 48.2 Å². The van der Waals surface area contributed by atoms with Crippen LogP contribution < -0.4 is 10.1 Å².